The summed E-state index contributed by atoms with van der Waals surface area (Å²) in [4.78, 5) is 0. The number of hydrogen-bond acceptors (Lipinski definition) is 12. The van der Waals surface area contributed by atoms with E-state index in [2.05, 4.69) is 30.9 Å². The molecule has 12 nitrogen and oxygen atoms in total. The van der Waals surface area contributed by atoms with E-state index in [1.165, 1.54) is 0 Å². The molecule has 0 radical (unpaired) electrons. The van der Waals surface area contributed by atoms with E-state index in [1.807, 2.05) is 72.8 Å². The van der Waals surface area contributed by atoms with Gasteiger partial charge in [0.2, 0.25) is 0 Å². The van der Waals surface area contributed by atoms with Crippen molar-refractivity contribution in [3.63, 3.8) is 0 Å². The number of benzene rings is 6. The van der Waals surface area contributed by atoms with Crippen LogP contribution in [-0.2, 0) is 45.6 Å². The number of hydrogen-bond donors (Lipinski definition) is 0. The second-order valence-electron chi connectivity index (χ2n) is 12.0. The average molecular weight is 1090 g/mol. The Morgan fingerprint density at radius 1 is 0.295 bits per heavy atom. The van der Waals surface area contributed by atoms with Gasteiger partial charge in [0.25, 0.3) is 0 Å². The summed E-state index contributed by atoms with van der Waals surface area (Å²) < 4.78 is 65.2. The zero-order chi connectivity index (χ0) is 41.9. The summed E-state index contributed by atoms with van der Waals surface area (Å²) in [6, 6.07) is 57.7. The van der Waals surface area contributed by atoms with Crippen molar-refractivity contribution in [2.45, 2.75) is 0 Å². The molecule has 9 rings (SSSR count). The Bertz CT molecular complexity index is 2110. The zero-order valence-electron chi connectivity index (χ0n) is 31.6. The van der Waals surface area contributed by atoms with E-state index in [4.69, 9.17) is 28.5 Å². The van der Waals surface area contributed by atoms with Crippen molar-refractivity contribution in [2.24, 2.45) is 30.9 Å². The number of fused-ring (bicyclic) bond motifs is 9. The first-order valence-corrected chi connectivity index (χ1v) is 20.2. The quantitative estimate of drug-likeness (QED) is 0.128. The fourth-order valence-corrected chi connectivity index (χ4v) is 5.38. The maximum Gasteiger partial charge on any atom is 2.00 e. The van der Waals surface area contributed by atoms with Crippen LogP contribution < -0.4 is 0 Å². The van der Waals surface area contributed by atoms with Crippen LogP contribution in [0, 0.1) is 0 Å². The minimum atomic E-state index is -4.46. The predicted molar refractivity (Wildman–Crippen MR) is 248 cm³/mol. The van der Waals surface area contributed by atoms with Crippen LogP contribution in [0.15, 0.2) is 225 Å². The normalized spacial score (nSPS) is 23.7. The molecular formula is C42H32B2F2FeI2N6O6. The van der Waals surface area contributed by atoms with Gasteiger partial charge in [-0.1, -0.05) is 194 Å². The van der Waals surface area contributed by atoms with Crippen LogP contribution in [0.2, 0.25) is 0 Å². The number of rotatable bonds is 4. The molecule has 0 aliphatic carbocycles. The first kappa shape index (κ1) is 46.2. The van der Waals surface area contributed by atoms with Crippen LogP contribution in [0.3, 0.4) is 0 Å². The van der Waals surface area contributed by atoms with E-state index in [9.17, 15) is 0 Å². The molecule has 6 aromatic rings. The van der Waals surface area contributed by atoms with Crippen molar-refractivity contribution in [3.8, 4) is 0 Å². The molecule has 3 aliphatic heterocycles. The SMILES string of the molecule is F[B-]12O/N=C(I)/C(I)=N/O[B-](F)(O/N=C(c3ccccc3)/C(c3ccccc3)=N/O1)O/N=C(c1ccccc1)/C(c1ccccc1)=N/O2.[Fe+2].c1ccccc1.c1ccccc1. The molecule has 0 spiro atoms. The molecule has 0 N–H and O–H groups in total. The van der Waals surface area contributed by atoms with E-state index in [1.54, 1.807) is 167 Å². The Balaban J connectivity index is 0.000000465. The summed E-state index contributed by atoms with van der Waals surface area (Å²) in [7, 11) is -8.92. The molecule has 0 saturated heterocycles. The van der Waals surface area contributed by atoms with Crippen molar-refractivity contribution in [1.82, 2.24) is 0 Å². The first-order chi connectivity index (χ1) is 29.3. The van der Waals surface area contributed by atoms with E-state index in [0.29, 0.717) is 22.3 Å². The molecule has 0 aromatic heterocycles. The zero-order valence-corrected chi connectivity index (χ0v) is 37.0. The Labute approximate surface area is 388 Å². The van der Waals surface area contributed by atoms with Gasteiger partial charge in [0.15, 0.2) is 7.44 Å². The van der Waals surface area contributed by atoms with Gasteiger partial charge in [0.1, 0.15) is 22.8 Å². The molecule has 0 amide bonds. The minimum absolute atomic E-state index is 0. The van der Waals surface area contributed by atoms with Crippen LogP contribution in [0.1, 0.15) is 22.3 Å². The van der Waals surface area contributed by atoms with Crippen molar-refractivity contribution >= 4 is 89.5 Å². The molecular weight excluding hydrogens is 1050 g/mol. The van der Waals surface area contributed by atoms with Crippen molar-refractivity contribution < 1.29 is 54.2 Å². The van der Waals surface area contributed by atoms with Gasteiger partial charge in [-0.05, 0) is 45.2 Å². The molecule has 3 heterocycles. The minimum Gasteiger partial charge on any atom is -0.509 e. The third-order valence-corrected chi connectivity index (χ3v) is 10.2. The molecule has 0 atom stereocenters. The van der Waals surface area contributed by atoms with Gasteiger partial charge in [-0.2, -0.15) is 0 Å². The van der Waals surface area contributed by atoms with Gasteiger partial charge in [0.05, 0.1) is 0 Å². The van der Waals surface area contributed by atoms with Gasteiger partial charge in [0, 0.05) is 22.3 Å². The molecule has 0 fully saturated rings. The van der Waals surface area contributed by atoms with E-state index in [0.717, 1.165) is 0 Å². The second-order valence-corrected chi connectivity index (χ2v) is 14.1. The van der Waals surface area contributed by atoms with Gasteiger partial charge < -0.3 is 37.2 Å². The van der Waals surface area contributed by atoms with Crippen LogP contribution in [-0.4, -0.2) is 44.3 Å². The maximum absolute atomic E-state index is 16.8. The third kappa shape index (κ3) is 14.1. The average Bonchev–Trinajstić information content (AvgIpc) is 3.32. The molecule has 61 heavy (non-hydrogen) atoms. The third-order valence-electron chi connectivity index (χ3n) is 7.74. The van der Waals surface area contributed by atoms with Gasteiger partial charge >= 0.3 is 31.1 Å². The Morgan fingerprint density at radius 2 is 0.459 bits per heavy atom. The Hall–Kier alpha value is -5.89. The number of oxime groups is 6. The maximum atomic E-state index is 16.8. The van der Waals surface area contributed by atoms with Crippen molar-refractivity contribution in [2.75, 3.05) is 0 Å². The van der Waals surface area contributed by atoms with Crippen LogP contribution >= 0.6 is 45.2 Å². The van der Waals surface area contributed by atoms with Crippen LogP contribution in [0.25, 0.3) is 0 Å². The topological polar surface area (TPSA) is 130 Å². The molecule has 308 valence electrons. The van der Waals surface area contributed by atoms with Gasteiger partial charge in [-0.3, -0.25) is 0 Å². The molecule has 0 saturated carbocycles. The predicted octanol–water partition coefficient (Wildman–Crippen LogP) is 10.4. The summed E-state index contributed by atoms with van der Waals surface area (Å²) in [5.41, 5.74) is 0.967. The van der Waals surface area contributed by atoms with Crippen LogP contribution in [0.5, 0.6) is 0 Å². The summed E-state index contributed by atoms with van der Waals surface area (Å²) in [6.45, 7) is 0. The summed E-state index contributed by atoms with van der Waals surface area (Å²) in [5, 5.41) is 23.7. The second kappa shape index (κ2) is 23.8. The number of nitrogens with zero attached hydrogens (tertiary/aromatic N) is 6. The van der Waals surface area contributed by atoms with Gasteiger partial charge in [-0.15, -0.1) is 30.9 Å². The standard InChI is InChI=1S/C30H20B2F2I2N6O6.2C6H6.Fe/c33-31-43-37-25(21-13-5-1-6-14-21)26(22-15-7-2-8-16-22)38-44-32(34,48-42-30(36)29(35)41-47-31)46-40-28(24-19-11-4-12-20-24)27(39-45-31)23-17-9-3-10-18-23;2*1-2-4-6-5-3-1;/h1-20H;2*1-6H;/q-2;;;+2/b37-25+,38-26+,39-27+,40-28+,41-29-,42-30-;;;. The molecule has 19 heteroatoms. The van der Waals surface area contributed by atoms with E-state index in [-0.39, 0.29) is 47.4 Å². The van der Waals surface area contributed by atoms with Crippen LogP contribution in [0.4, 0.5) is 8.63 Å². The Morgan fingerprint density at radius 3 is 0.656 bits per heavy atom. The molecule has 3 aliphatic rings. The summed E-state index contributed by atoms with van der Waals surface area (Å²) >= 11 is 3.30. The largest absolute Gasteiger partial charge is 2.00 e. The van der Waals surface area contributed by atoms with Crippen molar-refractivity contribution in [1.29, 1.82) is 0 Å². The van der Waals surface area contributed by atoms with Gasteiger partial charge in [-0.25, -0.2) is 0 Å². The van der Waals surface area contributed by atoms with Crippen molar-refractivity contribution in [3.05, 3.63) is 216 Å². The monoisotopic (exact) mass is 1090 g/mol. The fraction of sp³-hybridized carbons (Fsp3) is 0. The Kier molecular flexibility index (Phi) is 18.0. The fourth-order valence-electron chi connectivity index (χ4n) is 4.96. The summed E-state index contributed by atoms with van der Waals surface area (Å²) in [6.07, 6.45) is 0. The molecule has 0 unspecified atom stereocenters. The molecule has 2 bridgehead atoms. The molecule has 6 aromatic carbocycles. The van der Waals surface area contributed by atoms with E-state index >= 15 is 8.63 Å². The smallest absolute Gasteiger partial charge is 0.509 e. The number of halogens is 4. The van der Waals surface area contributed by atoms with E-state index < -0.39 is 14.1 Å². The summed E-state index contributed by atoms with van der Waals surface area (Å²) in [5.74, 6) is 0. The first-order valence-electron chi connectivity index (χ1n) is 18.1.